The standard InChI is InChI=1S/C22H21ClN6S/c1-5-17-14(4)30-22-18(17)21-25-20(27-29(21)11-24-22)16-8-6-7-15(9-16)10-28-13(3)19(23)12(2)26-28/h6-9,11H,5,10H2,1-4H3. The molecule has 1 aromatic carbocycles. The van der Waals surface area contributed by atoms with Gasteiger partial charge in [0.1, 0.15) is 11.2 Å². The number of aryl methyl sites for hydroxylation is 3. The number of rotatable bonds is 4. The van der Waals surface area contributed by atoms with E-state index in [1.807, 2.05) is 30.7 Å². The molecule has 8 heteroatoms. The Balaban J connectivity index is 1.58. The number of benzene rings is 1. The monoisotopic (exact) mass is 436 g/mol. The van der Waals surface area contributed by atoms with Crippen molar-refractivity contribution in [2.24, 2.45) is 0 Å². The molecule has 5 rings (SSSR count). The Morgan fingerprint density at radius 3 is 2.70 bits per heavy atom. The van der Waals surface area contributed by atoms with Gasteiger partial charge in [0.15, 0.2) is 11.5 Å². The van der Waals surface area contributed by atoms with Crippen LogP contribution in [-0.4, -0.2) is 29.4 Å². The summed E-state index contributed by atoms with van der Waals surface area (Å²) >= 11 is 8.02. The van der Waals surface area contributed by atoms with Crippen LogP contribution < -0.4 is 0 Å². The van der Waals surface area contributed by atoms with Crippen molar-refractivity contribution in [2.45, 2.75) is 40.7 Å². The molecule has 0 aliphatic heterocycles. The van der Waals surface area contributed by atoms with E-state index in [2.05, 4.69) is 36.1 Å². The van der Waals surface area contributed by atoms with Crippen LogP contribution in [-0.2, 0) is 13.0 Å². The fraction of sp³-hybridized carbons (Fsp3) is 0.273. The first kappa shape index (κ1) is 19.2. The number of hydrogen-bond donors (Lipinski definition) is 0. The third kappa shape index (κ3) is 3.00. The Morgan fingerprint density at radius 2 is 1.97 bits per heavy atom. The van der Waals surface area contributed by atoms with Gasteiger partial charge in [0.25, 0.3) is 0 Å². The predicted octanol–water partition coefficient (Wildman–Crippen LogP) is 5.39. The fourth-order valence-corrected chi connectivity index (χ4v) is 5.14. The molecule has 0 bridgehead atoms. The third-order valence-corrected chi connectivity index (χ3v) is 7.10. The number of fused-ring (bicyclic) bond motifs is 3. The quantitative estimate of drug-likeness (QED) is 0.379. The molecule has 0 N–H and O–H groups in total. The van der Waals surface area contributed by atoms with E-state index in [4.69, 9.17) is 21.7 Å². The molecule has 0 atom stereocenters. The Bertz CT molecular complexity index is 1410. The minimum absolute atomic E-state index is 0.649. The first-order valence-electron chi connectivity index (χ1n) is 9.88. The van der Waals surface area contributed by atoms with Gasteiger partial charge in [-0.3, -0.25) is 4.68 Å². The highest BCUT2D eigenvalue weighted by Gasteiger charge is 2.17. The van der Waals surface area contributed by atoms with E-state index in [0.29, 0.717) is 12.4 Å². The molecular weight excluding hydrogens is 416 g/mol. The van der Waals surface area contributed by atoms with Crippen molar-refractivity contribution in [3.8, 4) is 11.4 Å². The lowest BCUT2D eigenvalue weighted by Gasteiger charge is -2.06. The molecule has 4 aromatic heterocycles. The normalized spacial score (nSPS) is 11.8. The lowest BCUT2D eigenvalue weighted by Crippen LogP contribution is -2.04. The van der Waals surface area contributed by atoms with Crippen LogP contribution in [0.1, 0.15) is 34.3 Å². The second-order valence-corrected chi connectivity index (χ2v) is 9.04. The van der Waals surface area contributed by atoms with Crippen molar-refractivity contribution < 1.29 is 0 Å². The first-order chi connectivity index (χ1) is 14.5. The zero-order valence-corrected chi connectivity index (χ0v) is 18.8. The second-order valence-electron chi connectivity index (χ2n) is 7.46. The van der Waals surface area contributed by atoms with Crippen LogP contribution in [0.3, 0.4) is 0 Å². The number of halogens is 1. The molecule has 0 aliphatic rings. The highest BCUT2D eigenvalue weighted by Crippen LogP contribution is 2.33. The minimum atomic E-state index is 0.649. The zero-order chi connectivity index (χ0) is 21.0. The Labute approximate surface area is 183 Å². The van der Waals surface area contributed by atoms with Crippen LogP contribution in [0, 0.1) is 20.8 Å². The van der Waals surface area contributed by atoms with Gasteiger partial charge in [-0.2, -0.15) is 5.10 Å². The van der Waals surface area contributed by atoms with Crippen LogP contribution in [0.5, 0.6) is 0 Å². The first-order valence-corrected chi connectivity index (χ1v) is 11.1. The maximum Gasteiger partial charge on any atom is 0.182 e. The lowest BCUT2D eigenvalue weighted by molar-refractivity contribution is 0.659. The molecule has 0 radical (unpaired) electrons. The van der Waals surface area contributed by atoms with Crippen LogP contribution in [0.25, 0.3) is 27.3 Å². The zero-order valence-electron chi connectivity index (χ0n) is 17.3. The van der Waals surface area contributed by atoms with Crippen molar-refractivity contribution in [3.05, 3.63) is 63.0 Å². The Hall–Kier alpha value is -2.77. The van der Waals surface area contributed by atoms with Gasteiger partial charge < -0.3 is 0 Å². The molecule has 0 spiro atoms. The van der Waals surface area contributed by atoms with E-state index >= 15 is 0 Å². The summed E-state index contributed by atoms with van der Waals surface area (Å²) in [7, 11) is 0. The topological polar surface area (TPSA) is 60.9 Å². The van der Waals surface area contributed by atoms with Crippen LogP contribution in [0.4, 0.5) is 0 Å². The van der Waals surface area contributed by atoms with E-state index < -0.39 is 0 Å². The third-order valence-electron chi connectivity index (χ3n) is 5.49. The van der Waals surface area contributed by atoms with Gasteiger partial charge in [-0.1, -0.05) is 36.7 Å². The molecule has 6 nitrogen and oxygen atoms in total. The number of thiophene rings is 1. The minimum Gasteiger partial charge on any atom is -0.264 e. The highest BCUT2D eigenvalue weighted by atomic mass is 35.5. The summed E-state index contributed by atoms with van der Waals surface area (Å²) in [4.78, 5) is 11.8. The molecule has 0 saturated heterocycles. The van der Waals surface area contributed by atoms with Crippen LogP contribution in [0.15, 0.2) is 30.6 Å². The summed E-state index contributed by atoms with van der Waals surface area (Å²) in [6, 6.07) is 8.27. The summed E-state index contributed by atoms with van der Waals surface area (Å²) in [5, 5.41) is 11.1. The van der Waals surface area contributed by atoms with E-state index in [1.54, 1.807) is 22.2 Å². The van der Waals surface area contributed by atoms with Crippen molar-refractivity contribution >= 4 is 38.8 Å². The molecule has 0 saturated carbocycles. The Kier molecular flexibility index (Phi) is 4.60. The molecule has 0 aliphatic carbocycles. The Morgan fingerprint density at radius 1 is 1.13 bits per heavy atom. The molecular formula is C22H21ClN6S. The largest absolute Gasteiger partial charge is 0.264 e. The maximum atomic E-state index is 6.30. The predicted molar refractivity (Wildman–Crippen MR) is 122 cm³/mol. The van der Waals surface area contributed by atoms with Crippen molar-refractivity contribution in [1.29, 1.82) is 0 Å². The van der Waals surface area contributed by atoms with E-state index in [1.165, 1.54) is 10.4 Å². The summed E-state index contributed by atoms with van der Waals surface area (Å²) < 4.78 is 3.72. The highest BCUT2D eigenvalue weighted by molar-refractivity contribution is 7.18. The van der Waals surface area contributed by atoms with E-state index in [9.17, 15) is 0 Å². The van der Waals surface area contributed by atoms with Gasteiger partial charge in [-0.25, -0.2) is 14.5 Å². The number of nitrogens with zero attached hydrogens (tertiary/aromatic N) is 6. The summed E-state index contributed by atoms with van der Waals surface area (Å²) in [6.07, 6.45) is 2.71. The molecule has 152 valence electrons. The molecule has 0 fully saturated rings. The van der Waals surface area contributed by atoms with Gasteiger partial charge >= 0.3 is 0 Å². The van der Waals surface area contributed by atoms with Gasteiger partial charge in [0, 0.05) is 10.4 Å². The molecule has 30 heavy (non-hydrogen) atoms. The van der Waals surface area contributed by atoms with E-state index in [0.717, 1.165) is 49.8 Å². The SMILES string of the molecule is CCc1c(C)sc2ncn3nc(-c4cccc(Cn5nc(C)c(Cl)c5C)c4)nc3c12. The molecule has 5 aromatic rings. The second kappa shape index (κ2) is 7.18. The van der Waals surface area contributed by atoms with Crippen molar-refractivity contribution in [1.82, 2.24) is 29.4 Å². The molecule has 0 unspecified atom stereocenters. The summed E-state index contributed by atoms with van der Waals surface area (Å²) in [5.41, 5.74) is 6.09. The van der Waals surface area contributed by atoms with E-state index in [-0.39, 0.29) is 0 Å². The average Bonchev–Trinajstić information content (AvgIpc) is 3.38. The number of hydrogen-bond acceptors (Lipinski definition) is 5. The van der Waals surface area contributed by atoms with Crippen molar-refractivity contribution in [3.63, 3.8) is 0 Å². The molecule has 4 heterocycles. The van der Waals surface area contributed by atoms with Crippen molar-refractivity contribution in [2.75, 3.05) is 0 Å². The fourth-order valence-electron chi connectivity index (χ4n) is 3.92. The number of aromatic nitrogens is 6. The molecule has 0 amide bonds. The smallest absolute Gasteiger partial charge is 0.182 e. The average molecular weight is 437 g/mol. The summed E-state index contributed by atoms with van der Waals surface area (Å²) in [6.45, 7) is 8.88. The van der Waals surface area contributed by atoms with Gasteiger partial charge in [-0.05, 0) is 44.4 Å². The summed E-state index contributed by atoms with van der Waals surface area (Å²) in [5.74, 6) is 0.698. The lowest BCUT2D eigenvalue weighted by atomic mass is 10.1. The van der Waals surface area contributed by atoms with Gasteiger partial charge in [0.05, 0.1) is 28.3 Å². The maximum absolute atomic E-state index is 6.30. The van der Waals surface area contributed by atoms with Gasteiger partial charge in [-0.15, -0.1) is 16.4 Å². The van der Waals surface area contributed by atoms with Crippen LogP contribution in [0.2, 0.25) is 5.02 Å². The van der Waals surface area contributed by atoms with Crippen LogP contribution >= 0.6 is 22.9 Å². The van der Waals surface area contributed by atoms with Gasteiger partial charge in [0.2, 0.25) is 0 Å².